The molecule has 1 aromatic heterocycles. The number of amides is 2. The number of halogens is 1. The lowest BCUT2D eigenvalue weighted by atomic mass is 10.1. The molecule has 2 heterocycles. The number of rotatable bonds is 2. The van der Waals surface area contributed by atoms with E-state index in [0.717, 1.165) is 18.5 Å². The molecule has 0 spiro atoms. The Bertz CT molecular complexity index is 639. The number of hydrogen-bond acceptors (Lipinski definition) is 3. The van der Waals surface area contributed by atoms with E-state index >= 15 is 0 Å². The predicted molar refractivity (Wildman–Crippen MR) is 75.3 cm³/mol. The zero-order chi connectivity index (χ0) is 14.8. The third-order valence-electron chi connectivity index (χ3n) is 3.58. The number of carbonyl (C=O) groups excluding carboxylic acids is 1. The second-order valence-corrected chi connectivity index (χ2v) is 5.16. The maximum absolute atomic E-state index is 12.9. The maximum Gasteiger partial charge on any atom is 0.322 e. The summed E-state index contributed by atoms with van der Waals surface area (Å²) in [6, 6.07) is 7.26. The van der Waals surface area contributed by atoms with Crippen molar-refractivity contribution in [1.82, 2.24) is 10.1 Å². The first-order valence-electron chi connectivity index (χ1n) is 6.90. The Morgan fingerprint density at radius 3 is 2.86 bits per heavy atom. The molecule has 0 saturated carbocycles. The minimum absolute atomic E-state index is 0.0911. The molecular weight excluding hydrogens is 273 g/mol. The number of hydrogen-bond donors (Lipinski definition) is 1. The van der Waals surface area contributed by atoms with E-state index in [1.54, 1.807) is 4.90 Å². The van der Waals surface area contributed by atoms with Gasteiger partial charge in [0.25, 0.3) is 0 Å². The molecule has 3 rings (SSSR count). The molecule has 1 N–H and O–H groups in total. The van der Waals surface area contributed by atoms with Crippen molar-refractivity contribution in [3.8, 4) is 0 Å². The molecule has 21 heavy (non-hydrogen) atoms. The van der Waals surface area contributed by atoms with Gasteiger partial charge in [-0.1, -0.05) is 5.16 Å². The van der Waals surface area contributed by atoms with Gasteiger partial charge in [0, 0.05) is 18.3 Å². The van der Waals surface area contributed by atoms with Crippen LogP contribution in [0.4, 0.5) is 14.9 Å². The molecule has 0 bridgehead atoms. The zero-order valence-corrected chi connectivity index (χ0v) is 11.7. The van der Waals surface area contributed by atoms with Crippen LogP contribution in [0.5, 0.6) is 0 Å². The lowest BCUT2D eigenvalue weighted by Crippen LogP contribution is -2.34. The Morgan fingerprint density at radius 1 is 1.43 bits per heavy atom. The van der Waals surface area contributed by atoms with Crippen molar-refractivity contribution in [3.63, 3.8) is 0 Å². The summed E-state index contributed by atoms with van der Waals surface area (Å²) in [4.78, 5) is 14.1. The smallest absolute Gasteiger partial charge is 0.322 e. The average Bonchev–Trinajstić information content (AvgIpc) is 3.09. The summed E-state index contributed by atoms with van der Waals surface area (Å²) in [6.07, 6.45) is 1.77. The molecule has 1 aliphatic rings. The number of nitrogens with one attached hydrogen (secondary N) is 1. The van der Waals surface area contributed by atoms with Gasteiger partial charge in [-0.15, -0.1) is 0 Å². The summed E-state index contributed by atoms with van der Waals surface area (Å²) in [6.45, 7) is 2.52. The number of benzene rings is 1. The third-order valence-corrected chi connectivity index (χ3v) is 3.58. The molecule has 1 atom stereocenters. The van der Waals surface area contributed by atoms with Crippen LogP contribution in [0.25, 0.3) is 0 Å². The van der Waals surface area contributed by atoms with E-state index in [2.05, 4.69) is 10.5 Å². The Morgan fingerprint density at radius 2 is 2.19 bits per heavy atom. The fourth-order valence-corrected chi connectivity index (χ4v) is 2.57. The van der Waals surface area contributed by atoms with Gasteiger partial charge in [-0.25, -0.2) is 9.18 Å². The lowest BCUT2D eigenvalue weighted by Gasteiger charge is -2.23. The summed E-state index contributed by atoms with van der Waals surface area (Å²) in [5, 5.41) is 6.65. The second-order valence-electron chi connectivity index (χ2n) is 5.16. The number of urea groups is 1. The average molecular weight is 289 g/mol. The minimum atomic E-state index is -0.329. The van der Waals surface area contributed by atoms with Crippen LogP contribution >= 0.6 is 0 Å². The van der Waals surface area contributed by atoms with E-state index in [1.807, 2.05) is 13.0 Å². The van der Waals surface area contributed by atoms with E-state index < -0.39 is 0 Å². The summed E-state index contributed by atoms with van der Waals surface area (Å²) in [7, 11) is 0. The topological polar surface area (TPSA) is 58.4 Å². The molecule has 0 aliphatic carbocycles. The van der Waals surface area contributed by atoms with E-state index in [-0.39, 0.29) is 17.9 Å². The standard InChI is InChI=1S/C15H16FN3O2/c1-10-9-14(21-18-10)13-3-2-8-19(13)15(20)17-12-6-4-11(16)5-7-12/h4-7,9,13H,2-3,8H2,1H3,(H,17,20)/t13-/m0/s1. The predicted octanol–water partition coefficient (Wildman–Crippen LogP) is 3.49. The van der Waals surface area contributed by atoms with Crippen molar-refractivity contribution in [2.24, 2.45) is 0 Å². The van der Waals surface area contributed by atoms with Gasteiger partial charge in [0.05, 0.1) is 11.7 Å². The highest BCUT2D eigenvalue weighted by Crippen LogP contribution is 2.32. The van der Waals surface area contributed by atoms with E-state index in [9.17, 15) is 9.18 Å². The van der Waals surface area contributed by atoms with Gasteiger partial charge in [-0.3, -0.25) is 0 Å². The van der Waals surface area contributed by atoms with E-state index in [4.69, 9.17) is 4.52 Å². The first-order valence-corrected chi connectivity index (χ1v) is 6.90. The number of nitrogens with zero attached hydrogens (tertiary/aromatic N) is 2. The first-order chi connectivity index (χ1) is 10.1. The molecular formula is C15H16FN3O2. The van der Waals surface area contributed by atoms with Crippen LogP contribution in [0.1, 0.15) is 30.3 Å². The van der Waals surface area contributed by atoms with Gasteiger partial charge >= 0.3 is 6.03 Å². The Kier molecular flexibility index (Phi) is 3.60. The largest absolute Gasteiger partial charge is 0.359 e. The molecule has 6 heteroatoms. The fourth-order valence-electron chi connectivity index (χ4n) is 2.57. The van der Waals surface area contributed by atoms with Crippen LogP contribution in [0.2, 0.25) is 0 Å². The number of likely N-dealkylation sites (tertiary alicyclic amines) is 1. The molecule has 2 amide bonds. The molecule has 1 aromatic carbocycles. The van der Waals surface area contributed by atoms with Gasteiger partial charge in [-0.2, -0.15) is 0 Å². The summed E-state index contributed by atoms with van der Waals surface area (Å²) in [5.74, 6) is 0.378. The number of aromatic nitrogens is 1. The van der Waals surface area contributed by atoms with Crippen molar-refractivity contribution >= 4 is 11.7 Å². The Balaban J connectivity index is 1.72. The van der Waals surface area contributed by atoms with E-state index in [1.165, 1.54) is 24.3 Å². The van der Waals surface area contributed by atoms with E-state index in [0.29, 0.717) is 18.0 Å². The van der Waals surface area contributed by atoms with Crippen molar-refractivity contribution in [3.05, 3.63) is 47.6 Å². The van der Waals surface area contributed by atoms with Gasteiger partial charge in [0.2, 0.25) is 0 Å². The number of carbonyl (C=O) groups is 1. The zero-order valence-electron chi connectivity index (χ0n) is 11.7. The van der Waals surface area contributed by atoms with Crippen LogP contribution in [0, 0.1) is 12.7 Å². The highest BCUT2D eigenvalue weighted by atomic mass is 19.1. The molecule has 0 radical (unpaired) electrons. The van der Waals surface area contributed by atoms with Crippen LogP contribution in [-0.2, 0) is 0 Å². The Hall–Kier alpha value is -2.37. The summed E-state index contributed by atoms with van der Waals surface area (Å²) in [5.41, 5.74) is 1.37. The quantitative estimate of drug-likeness (QED) is 0.920. The van der Waals surface area contributed by atoms with Crippen molar-refractivity contribution in [1.29, 1.82) is 0 Å². The van der Waals surface area contributed by atoms with Crippen LogP contribution < -0.4 is 5.32 Å². The molecule has 1 saturated heterocycles. The molecule has 0 unspecified atom stereocenters. The van der Waals surface area contributed by atoms with Crippen molar-refractivity contribution in [2.45, 2.75) is 25.8 Å². The third kappa shape index (κ3) is 2.89. The molecule has 1 fully saturated rings. The monoisotopic (exact) mass is 289 g/mol. The minimum Gasteiger partial charge on any atom is -0.359 e. The number of aryl methyl sites for hydroxylation is 1. The fraction of sp³-hybridized carbons (Fsp3) is 0.333. The highest BCUT2D eigenvalue weighted by molar-refractivity contribution is 5.89. The lowest BCUT2D eigenvalue weighted by molar-refractivity contribution is 0.195. The van der Waals surface area contributed by atoms with Gasteiger partial charge in [0.15, 0.2) is 5.76 Å². The summed E-state index contributed by atoms with van der Waals surface area (Å²) >= 11 is 0. The summed E-state index contributed by atoms with van der Waals surface area (Å²) < 4.78 is 18.1. The Labute approximate surface area is 121 Å². The molecule has 1 aliphatic heterocycles. The molecule has 5 nitrogen and oxygen atoms in total. The van der Waals surface area contributed by atoms with Gasteiger partial charge in [0.1, 0.15) is 5.82 Å². The SMILES string of the molecule is Cc1cc([C@@H]2CCCN2C(=O)Nc2ccc(F)cc2)on1. The second kappa shape index (κ2) is 5.55. The van der Waals surface area contributed by atoms with Crippen LogP contribution in [0.15, 0.2) is 34.9 Å². The van der Waals surface area contributed by atoms with Crippen LogP contribution in [-0.4, -0.2) is 22.6 Å². The normalized spacial score (nSPS) is 18.0. The number of anilines is 1. The first kappa shape index (κ1) is 13.6. The molecule has 110 valence electrons. The highest BCUT2D eigenvalue weighted by Gasteiger charge is 2.32. The van der Waals surface area contributed by atoms with Gasteiger partial charge in [-0.05, 0) is 44.0 Å². The maximum atomic E-state index is 12.9. The van der Waals surface area contributed by atoms with Crippen molar-refractivity contribution in [2.75, 3.05) is 11.9 Å². The molecule has 2 aromatic rings. The van der Waals surface area contributed by atoms with Crippen LogP contribution in [0.3, 0.4) is 0 Å². The van der Waals surface area contributed by atoms with Gasteiger partial charge < -0.3 is 14.7 Å². The van der Waals surface area contributed by atoms with Crippen molar-refractivity contribution < 1.29 is 13.7 Å².